The average molecular weight is 247 g/mol. The van der Waals surface area contributed by atoms with Crippen LogP contribution in [0, 0.1) is 5.41 Å². The van der Waals surface area contributed by atoms with Crippen LogP contribution >= 0.6 is 0 Å². The predicted molar refractivity (Wildman–Crippen MR) is 73.4 cm³/mol. The van der Waals surface area contributed by atoms with E-state index >= 15 is 0 Å². The van der Waals surface area contributed by atoms with Gasteiger partial charge in [-0.15, -0.1) is 0 Å². The van der Waals surface area contributed by atoms with Crippen molar-refractivity contribution in [2.45, 2.75) is 26.8 Å². The number of aliphatic hydroxyl groups is 1. The molecule has 98 valence electrons. The van der Waals surface area contributed by atoms with Crippen LogP contribution in [0.2, 0.25) is 0 Å². The summed E-state index contributed by atoms with van der Waals surface area (Å²) in [5.41, 5.74) is 2.24. The maximum atomic E-state index is 8.98. The minimum Gasteiger partial charge on any atom is -0.464 e. The first-order valence-corrected chi connectivity index (χ1v) is 6.39. The second kappa shape index (κ2) is 5.55. The van der Waals surface area contributed by atoms with E-state index in [1.807, 2.05) is 24.5 Å². The molecule has 1 aromatic carbocycles. The lowest BCUT2D eigenvalue weighted by molar-refractivity contribution is 0.207. The van der Waals surface area contributed by atoms with Crippen molar-refractivity contribution < 1.29 is 9.52 Å². The van der Waals surface area contributed by atoms with Crippen molar-refractivity contribution >= 4 is 11.0 Å². The topological polar surface area (TPSA) is 45.4 Å². The second-order valence-electron chi connectivity index (χ2n) is 5.50. The van der Waals surface area contributed by atoms with E-state index in [9.17, 15) is 0 Å². The highest BCUT2D eigenvalue weighted by Gasteiger charge is 2.16. The molecule has 18 heavy (non-hydrogen) atoms. The van der Waals surface area contributed by atoms with Gasteiger partial charge in [0.15, 0.2) is 0 Å². The molecule has 3 heteroatoms. The molecule has 3 nitrogen and oxygen atoms in total. The van der Waals surface area contributed by atoms with Gasteiger partial charge in [0.1, 0.15) is 5.58 Å². The van der Waals surface area contributed by atoms with Gasteiger partial charge in [0.05, 0.1) is 6.26 Å². The summed E-state index contributed by atoms with van der Waals surface area (Å²) in [6.07, 6.45) is 2.63. The minimum absolute atomic E-state index is 0.119. The van der Waals surface area contributed by atoms with Gasteiger partial charge < -0.3 is 14.8 Å². The molecule has 2 N–H and O–H groups in total. The van der Waals surface area contributed by atoms with Gasteiger partial charge in [0.2, 0.25) is 0 Å². The second-order valence-corrected chi connectivity index (χ2v) is 5.50. The molecule has 2 aromatic rings. The van der Waals surface area contributed by atoms with Crippen molar-refractivity contribution in [1.29, 1.82) is 0 Å². The van der Waals surface area contributed by atoms with E-state index in [2.05, 4.69) is 25.2 Å². The monoisotopic (exact) mass is 247 g/mol. The highest BCUT2D eigenvalue weighted by atomic mass is 16.3. The molecule has 0 saturated carbocycles. The molecular weight excluding hydrogens is 226 g/mol. The van der Waals surface area contributed by atoms with E-state index in [1.165, 1.54) is 10.9 Å². The zero-order valence-corrected chi connectivity index (χ0v) is 11.1. The molecule has 0 fully saturated rings. The van der Waals surface area contributed by atoms with Crippen LogP contribution in [0.25, 0.3) is 11.0 Å². The smallest absolute Gasteiger partial charge is 0.134 e. The van der Waals surface area contributed by atoms with Crippen molar-refractivity contribution in [2.24, 2.45) is 5.41 Å². The van der Waals surface area contributed by atoms with Crippen LogP contribution in [-0.2, 0) is 6.54 Å². The van der Waals surface area contributed by atoms with E-state index in [0.29, 0.717) is 0 Å². The van der Waals surface area contributed by atoms with E-state index in [4.69, 9.17) is 9.52 Å². The lowest BCUT2D eigenvalue weighted by Gasteiger charge is -2.23. The lowest BCUT2D eigenvalue weighted by Crippen LogP contribution is -2.29. The Bertz CT molecular complexity index is 502. The molecule has 0 atom stereocenters. The van der Waals surface area contributed by atoms with Gasteiger partial charge in [-0.1, -0.05) is 32.0 Å². The number of benzene rings is 1. The molecule has 1 aromatic heterocycles. The molecule has 0 aliphatic carbocycles. The van der Waals surface area contributed by atoms with Crippen LogP contribution in [0.1, 0.15) is 25.8 Å². The minimum atomic E-state index is 0.119. The number of hydrogen-bond donors (Lipinski definition) is 2. The van der Waals surface area contributed by atoms with Crippen molar-refractivity contribution in [2.75, 3.05) is 13.2 Å². The summed E-state index contributed by atoms with van der Waals surface area (Å²) in [6, 6.07) is 8.06. The molecule has 0 aliphatic heterocycles. The maximum absolute atomic E-state index is 8.98. The Kier molecular flexibility index (Phi) is 4.04. The largest absolute Gasteiger partial charge is 0.464 e. The number of para-hydroxylation sites is 1. The zero-order valence-electron chi connectivity index (χ0n) is 11.1. The Morgan fingerprint density at radius 1 is 1.28 bits per heavy atom. The van der Waals surface area contributed by atoms with Crippen molar-refractivity contribution in [1.82, 2.24) is 5.32 Å². The van der Waals surface area contributed by atoms with Crippen LogP contribution in [0.3, 0.4) is 0 Å². The van der Waals surface area contributed by atoms with Gasteiger partial charge in [0, 0.05) is 30.6 Å². The highest BCUT2D eigenvalue weighted by molar-refractivity contribution is 5.80. The van der Waals surface area contributed by atoms with E-state index < -0.39 is 0 Å². The zero-order chi connectivity index (χ0) is 13.0. The SMILES string of the molecule is CC(C)(CCO)CNCc1coc2ccccc12. The summed E-state index contributed by atoms with van der Waals surface area (Å²) in [5, 5.41) is 13.6. The van der Waals surface area contributed by atoms with Gasteiger partial charge in [-0.05, 0) is 17.9 Å². The molecule has 0 spiro atoms. The molecule has 1 heterocycles. The Balaban J connectivity index is 1.94. The number of aliphatic hydroxyl groups excluding tert-OH is 1. The third kappa shape index (κ3) is 3.12. The maximum Gasteiger partial charge on any atom is 0.134 e. The molecule has 2 rings (SSSR count). The summed E-state index contributed by atoms with van der Waals surface area (Å²) in [7, 11) is 0. The highest BCUT2D eigenvalue weighted by Crippen LogP contribution is 2.22. The van der Waals surface area contributed by atoms with E-state index in [0.717, 1.165) is 25.1 Å². The molecule has 0 unspecified atom stereocenters. The average Bonchev–Trinajstić information content (AvgIpc) is 2.73. The standard InChI is InChI=1S/C15H21NO2/c1-15(2,7-8-17)11-16-9-12-10-18-14-6-4-3-5-13(12)14/h3-6,10,16-17H,7-9,11H2,1-2H3. The van der Waals surface area contributed by atoms with Crippen molar-refractivity contribution in [3.05, 3.63) is 36.1 Å². The predicted octanol–water partition coefficient (Wildman–Crippen LogP) is 2.93. The van der Waals surface area contributed by atoms with Gasteiger partial charge >= 0.3 is 0 Å². The quantitative estimate of drug-likeness (QED) is 0.825. The fraction of sp³-hybridized carbons (Fsp3) is 0.467. The number of hydrogen-bond acceptors (Lipinski definition) is 3. The van der Waals surface area contributed by atoms with E-state index in [-0.39, 0.29) is 12.0 Å². The fourth-order valence-electron chi connectivity index (χ4n) is 2.10. The molecule has 0 aliphatic rings. The first kappa shape index (κ1) is 13.1. The van der Waals surface area contributed by atoms with Crippen molar-refractivity contribution in [3.8, 4) is 0 Å². The Labute approximate surface area is 108 Å². The number of fused-ring (bicyclic) bond motifs is 1. The van der Waals surface area contributed by atoms with E-state index in [1.54, 1.807) is 0 Å². The Morgan fingerprint density at radius 3 is 2.83 bits per heavy atom. The summed E-state index contributed by atoms with van der Waals surface area (Å²) in [4.78, 5) is 0. The molecule has 0 radical (unpaired) electrons. The Morgan fingerprint density at radius 2 is 2.06 bits per heavy atom. The molecular formula is C15H21NO2. The Hall–Kier alpha value is -1.32. The molecule has 0 bridgehead atoms. The third-order valence-corrected chi connectivity index (χ3v) is 3.27. The molecule has 0 amide bonds. The summed E-state index contributed by atoms with van der Waals surface area (Å²) in [5.74, 6) is 0. The number of nitrogens with one attached hydrogen (secondary N) is 1. The summed E-state index contributed by atoms with van der Waals surface area (Å²) in [6.45, 7) is 6.23. The van der Waals surface area contributed by atoms with Crippen LogP contribution in [0.4, 0.5) is 0 Å². The normalized spacial score (nSPS) is 12.2. The van der Waals surface area contributed by atoms with Crippen LogP contribution < -0.4 is 5.32 Å². The number of rotatable bonds is 6. The van der Waals surface area contributed by atoms with Crippen LogP contribution in [-0.4, -0.2) is 18.3 Å². The van der Waals surface area contributed by atoms with Crippen LogP contribution in [0.15, 0.2) is 34.9 Å². The van der Waals surface area contributed by atoms with Gasteiger partial charge in [-0.25, -0.2) is 0 Å². The number of furan rings is 1. The fourth-order valence-corrected chi connectivity index (χ4v) is 2.10. The summed E-state index contributed by atoms with van der Waals surface area (Å²) < 4.78 is 5.50. The van der Waals surface area contributed by atoms with Gasteiger partial charge in [0.25, 0.3) is 0 Å². The van der Waals surface area contributed by atoms with Crippen LogP contribution in [0.5, 0.6) is 0 Å². The summed E-state index contributed by atoms with van der Waals surface area (Å²) >= 11 is 0. The first-order valence-electron chi connectivity index (χ1n) is 6.39. The van der Waals surface area contributed by atoms with Gasteiger partial charge in [-0.3, -0.25) is 0 Å². The van der Waals surface area contributed by atoms with Crippen molar-refractivity contribution in [3.63, 3.8) is 0 Å². The lowest BCUT2D eigenvalue weighted by atomic mass is 9.90. The molecule has 0 saturated heterocycles. The third-order valence-electron chi connectivity index (χ3n) is 3.27. The van der Waals surface area contributed by atoms with Gasteiger partial charge in [-0.2, -0.15) is 0 Å². The first-order chi connectivity index (χ1) is 8.62.